The van der Waals surface area contributed by atoms with Crippen molar-refractivity contribution in [1.29, 1.82) is 0 Å². The Morgan fingerprint density at radius 1 is 1.29 bits per heavy atom. The van der Waals surface area contributed by atoms with Crippen LogP contribution in [0.5, 0.6) is 0 Å². The Balaban J connectivity index is 2.33. The lowest BCUT2D eigenvalue weighted by molar-refractivity contribution is -0.0445. The highest BCUT2D eigenvalue weighted by Crippen LogP contribution is 2.43. The van der Waals surface area contributed by atoms with Crippen molar-refractivity contribution >= 4 is 11.6 Å². The van der Waals surface area contributed by atoms with Gasteiger partial charge < -0.3 is 20.1 Å². The molecule has 0 aromatic heterocycles. The second kappa shape index (κ2) is 4.55. The first-order valence-corrected chi connectivity index (χ1v) is 5.77. The standard InChI is InChI=1S/C12H15ClO4/c1-7-2-4-8(5-3-7)12(13)11(16)10(15)9(6-14)17-12/h2-5,9-11,14-16H,6H2,1H3/t9-,10-,11-,12+/m1/s1. The molecule has 0 radical (unpaired) electrons. The lowest BCUT2D eigenvalue weighted by Gasteiger charge is -2.25. The van der Waals surface area contributed by atoms with Crippen molar-refractivity contribution in [1.82, 2.24) is 0 Å². The summed E-state index contributed by atoms with van der Waals surface area (Å²) < 4.78 is 5.36. The Labute approximate surface area is 104 Å². The van der Waals surface area contributed by atoms with E-state index in [-0.39, 0.29) is 0 Å². The van der Waals surface area contributed by atoms with Gasteiger partial charge in [-0.3, -0.25) is 0 Å². The molecule has 0 amide bonds. The molecule has 3 N–H and O–H groups in total. The second-order valence-electron chi connectivity index (χ2n) is 4.29. The summed E-state index contributed by atoms with van der Waals surface area (Å²) in [6.07, 6.45) is -3.34. The van der Waals surface area contributed by atoms with E-state index in [1.165, 1.54) is 0 Å². The van der Waals surface area contributed by atoms with Gasteiger partial charge in [0.05, 0.1) is 6.61 Å². The molecule has 4 atom stereocenters. The van der Waals surface area contributed by atoms with E-state index in [0.29, 0.717) is 5.56 Å². The van der Waals surface area contributed by atoms with Gasteiger partial charge in [-0.05, 0) is 6.92 Å². The van der Waals surface area contributed by atoms with Gasteiger partial charge in [0.15, 0.2) is 5.06 Å². The van der Waals surface area contributed by atoms with Gasteiger partial charge in [-0.25, -0.2) is 0 Å². The number of aryl methyl sites for hydroxylation is 1. The predicted octanol–water partition coefficient (Wildman–Crippen LogP) is 0.500. The third-order valence-corrected chi connectivity index (χ3v) is 3.56. The first-order valence-electron chi connectivity index (χ1n) is 5.40. The van der Waals surface area contributed by atoms with E-state index in [1.54, 1.807) is 12.1 Å². The van der Waals surface area contributed by atoms with Gasteiger partial charge >= 0.3 is 0 Å². The number of rotatable bonds is 2. The van der Waals surface area contributed by atoms with E-state index in [0.717, 1.165) is 5.56 Å². The van der Waals surface area contributed by atoms with E-state index in [2.05, 4.69) is 0 Å². The summed E-state index contributed by atoms with van der Waals surface area (Å²) in [5.74, 6) is 0. The van der Waals surface area contributed by atoms with Crippen LogP contribution < -0.4 is 0 Å². The van der Waals surface area contributed by atoms with Crippen LogP contribution in [0, 0.1) is 6.92 Å². The van der Waals surface area contributed by atoms with Crippen molar-refractivity contribution < 1.29 is 20.1 Å². The van der Waals surface area contributed by atoms with Crippen LogP contribution in [0.2, 0.25) is 0 Å². The van der Waals surface area contributed by atoms with Gasteiger partial charge in [-0.2, -0.15) is 0 Å². The highest BCUT2D eigenvalue weighted by molar-refractivity contribution is 6.23. The van der Waals surface area contributed by atoms with Gasteiger partial charge in [-0.1, -0.05) is 41.4 Å². The number of hydrogen-bond acceptors (Lipinski definition) is 4. The first-order chi connectivity index (χ1) is 7.99. The molecule has 0 bridgehead atoms. The SMILES string of the molecule is Cc1ccc([C@]2(Cl)O[C@H](CO)[C@@H](O)[C@H]2O)cc1. The zero-order valence-electron chi connectivity index (χ0n) is 9.38. The van der Waals surface area contributed by atoms with Crippen LogP contribution in [0.1, 0.15) is 11.1 Å². The highest BCUT2D eigenvalue weighted by Gasteiger charge is 2.53. The summed E-state index contributed by atoms with van der Waals surface area (Å²) >= 11 is 6.22. The Bertz CT molecular complexity index is 394. The Morgan fingerprint density at radius 3 is 2.35 bits per heavy atom. The lowest BCUT2D eigenvalue weighted by Crippen LogP contribution is -2.37. The number of halogens is 1. The monoisotopic (exact) mass is 258 g/mol. The van der Waals surface area contributed by atoms with Crippen LogP contribution in [0.4, 0.5) is 0 Å². The zero-order valence-corrected chi connectivity index (χ0v) is 10.1. The summed E-state index contributed by atoms with van der Waals surface area (Å²) in [5, 5.41) is 27.1. The normalized spacial score (nSPS) is 37.4. The molecule has 1 heterocycles. The van der Waals surface area contributed by atoms with Crippen molar-refractivity contribution in [2.24, 2.45) is 0 Å². The molecule has 17 heavy (non-hydrogen) atoms. The van der Waals surface area contributed by atoms with Crippen molar-refractivity contribution in [2.45, 2.75) is 30.3 Å². The van der Waals surface area contributed by atoms with Gasteiger partial charge in [0, 0.05) is 5.56 Å². The van der Waals surface area contributed by atoms with Crippen LogP contribution in [0.25, 0.3) is 0 Å². The maximum atomic E-state index is 9.92. The van der Waals surface area contributed by atoms with Crippen LogP contribution in [-0.4, -0.2) is 40.2 Å². The minimum Gasteiger partial charge on any atom is -0.394 e. The molecule has 0 unspecified atom stereocenters. The third-order valence-electron chi connectivity index (χ3n) is 3.03. The van der Waals surface area contributed by atoms with Crippen LogP contribution >= 0.6 is 11.6 Å². The fraction of sp³-hybridized carbons (Fsp3) is 0.500. The fourth-order valence-corrected chi connectivity index (χ4v) is 2.32. The smallest absolute Gasteiger partial charge is 0.196 e. The molecular formula is C12H15ClO4. The molecule has 1 aromatic rings. The largest absolute Gasteiger partial charge is 0.394 e. The molecule has 1 fully saturated rings. The van der Waals surface area contributed by atoms with E-state index in [1.807, 2.05) is 19.1 Å². The van der Waals surface area contributed by atoms with Gasteiger partial charge in [0.2, 0.25) is 0 Å². The average Bonchev–Trinajstić information content (AvgIpc) is 2.55. The number of aliphatic hydroxyl groups excluding tert-OH is 3. The minimum absolute atomic E-state index is 0.390. The van der Waals surface area contributed by atoms with Crippen LogP contribution in [0.15, 0.2) is 24.3 Å². The average molecular weight is 259 g/mol. The number of alkyl halides is 1. The first kappa shape index (κ1) is 12.8. The van der Waals surface area contributed by atoms with Gasteiger partial charge in [0.25, 0.3) is 0 Å². The summed E-state index contributed by atoms with van der Waals surface area (Å²) in [6, 6.07) is 7.15. The molecule has 1 aromatic carbocycles. The predicted molar refractivity (Wildman–Crippen MR) is 62.7 cm³/mol. The molecule has 0 spiro atoms. The van der Waals surface area contributed by atoms with Crippen molar-refractivity contribution in [3.05, 3.63) is 35.4 Å². The molecule has 1 aliphatic rings. The molecule has 0 aliphatic carbocycles. The summed E-state index contributed by atoms with van der Waals surface area (Å²) in [4.78, 5) is 0. The fourth-order valence-electron chi connectivity index (χ4n) is 1.95. The molecule has 4 nitrogen and oxygen atoms in total. The highest BCUT2D eigenvalue weighted by atomic mass is 35.5. The molecule has 5 heteroatoms. The summed E-state index contributed by atoms with van der Waals surface area (Å²) in [6.45, 7) is 1.54. The van der Waals surface area contributed by atoms with E-state index in [4.69, 9.17) is 21.4 Å². The van der Waals surface area contributed by atoms with E-state index >= 15 is 0 Å². The van der Waals surface area contributed by atoms with Crippen LogP contribution in [-0.2, 0) is 9.80 Å². The Kier molecular flexibility index (Phi) is 3.43. The number of hydrogen-bond donors (Lipinski definition) is 3. The second-order valence-corrected chi connectivity index (χ2v) is 4.85. The van der Waals surface area contributed by atoms with Gasteiger partial charge in [-0.15, -0.1) is 0 Å². The molecule has 2 rings (SSSR count). The molecular weight excluding hydrogens is 244 g/mol. The number of benzene rings is 1. The molecule has 0 saturated carbocycles. The van der Waals surface area contributed by atoms with E-state index < -0.39 is 30.0 Å². The Hall–Kier alpha value is -0.650. The van der Waals surface area contributed by atoms with Gasteiger partial charge in [0.1, 0.15) is 18.3 Å². The Morgan fingerprint density at radius 2 is 1.88 bits per heavy atom. The topological polar surface area (TPSA) is 69.9 Å². The van der Waals surface area contributed by atoms with E-state index in [9.17, 15) is 10.2 Å². The minimum atomic E-state index is -1.50. The zero-order chi connectivity index (χ0) is 12.6. The molecule has 1 saturated heterocycles. The molecule has 1 aliphatic heterocycles. The molecule has 94 valence electrons. The maximum Gasteiger partial charge on any atom is 0.196 e. The number of aliphatic hydroxyl groups is 3. The van der Waals surface area contributed by atoms with Crippen molar-refractivity contribution in [3.8, 4) is 0 Å². The summed E-state index contributed by atoms with van der Waals surface area (Å²) in [5.41, 5.74) is 1.62. The third kappa shape index (κ3) is 2.07. The maximum absolute atomic E-state index is 9.92. The van der Waals surface area contributed by atoms with Crippen molar-refractivity contribution in [3.63, 3.8) is 0 Å². The summed E-state index contributed by atoms with van der Waals surface area (Å²) in [7, 11) is 0. The quantitative estimate of drug-likeness (QED) is 0.676. The number of ether oxygens (including phenoxy) is 1. The lowest BCUT2D eigenvalue weighted by atomic mass is 10.00. The van der Waals surface area contributed by atoms with Crippen molar-refractivity contribution in [2.75, 3.05) is 6.61 Å². The van der Waals surface area contributed by atoms with Crippen LogP contribution in [0.3, 0.4) is 0 Å².